The minimum atomic E-state index is -3.99. The van der Waals surface area contributed by atoms with E-state index in [1.807, 2.05) is 77.9 Å². The molecule has 0 spiro atoms. The smallest absolute Gasteiger partial charge is 0.338 e. The van der Waals surface area contributed by atoms with Gasteiger partial charge in [-0.2, -0.15) is 8.42 Å². The number of hydrogen-bond donors (Lipinski definition) is 0. The number of Topliss-reactive ketones (excluding diaryl/α,β-unsaturated/α-hetero) is 1. The summed E-state index contributed by atoms with van der Waals surface area (Å²) in [4.78, 5) is 26.7. The number of esters is 1. The first-order chi connectivity index (χ1) is 24.2. The maximum Gasteiger partial charge on any atom is 0.338 e. The van der Waals surface area contributed by atoms with Crippen LogP contribution in [0.1, 0.15) is 88.2 Å². The Labute approximate surface area is 303 Å². The number of ether oxygens (including phenoxy) is 4. The van der Waals surface area contributed by atoms with Crippen LogP contribution in [0.15, 0.2) is 89.8 Å². The average molecular weight is 721 g/mol. The third-order valence-electron chi connectivity index (χ3n) is 10.6. The summed E-state index contributed by atoms with van der Waals surface area (Å²) in [6.07, 6.45) is 1.51. The monoisotopic (exact) mass is 720 g/mol. The van der Waals surface area contributed by atoms with E-state index in [1.165, 1.54) is 12.1 Å². The molecule has 51 heavy (non-hydrogen) atoms. The van der Waals surface area contributed by atoms with Crippen LogP contribution in [0.25, 0.3) is 0 Å². The van der Waals surface area contributed by atoms with Crippen LogP contribution in [0.3, 0.4) is 0 Å². The molecular formula is C41H52O9S. The fourth-order valence-electron chi connectivity index (χ4n) is 7.07. The van der Waals surface area contributed by atoms with Crippen molar-refractivity contribution < 1.29 is 41.1 Å². The lowest BCUT2D eigenvalue weighted by molar-refractivity contribution is -0.171. The van der Waals surface area contributed by atoms with E-state index in [2.05, 4.69) is 0 Å². The Kier molecular flexibility index (Phi) is 12.6. The summed E-state index contributed by atoms with van der Waals surface area (Å²) in [7, 11) is -3.99. The highest BCUT2D eigenvalue weighted by Gasteiger charge is 2.52. The third kappa shape index (κ3) is 9.73. The van der Waals surface area contributed by atoms with E-state index in [4.69, 9.17) is 23.1 Å². The summed E-state index contributed by atoms with van der Waals surface area (Å²) in [6, 6.07) is 25.1. The second kappa shape index (κ2) is 16.5. The normalized spacial score (nSPS) is 25.9. The number of ketones is 1. The van der Waals surface area contributed by atoms with Gasteiger partial charge in [-0.05, 0) is 83.2 Å². The second-order valence-electron chi connectivity index (χ2n) is 14.7. The molecule has 2 fully saturated rings. The maximum atomic E-state index is 13.9. The summed E-state index contributed by atoms with van der Waals surface area (Å²) in [6.45, 7) is 11.6. The van der Waals surface area contributed by atoms with Gasteiger partial charge in [0.1, 0.15) is 17.5 Å². The van der Waals surface area contributed by atoms with E-state index in [9.17, 15) is 18.0 Å². The van der Waals surface area contributed by atoms with E-state index in [1.54, 1.807) is 36.4 Å². The zero-order valence-electron chi connectivity index (χ0n) is 30.6. The molecule has 276 valence electrons. The molecule has 0 saturated carbocycles. The first kappa shape index (κ1) is 38.8. The minimum Gasteiger partial charge on any atom is -0.456 e. The third-order valence-corrected chi connectivity index (χ3v) is 11.9. The molecule has 9 nitrogen and oxygen atoms in total. The van der Waals surface area contributed by atoms with Crippen LogP contribution in [-0.4, -0.2) is 62.4 Å². The molecule has 2 saturated heterocycles. The van der Waals surface area contributed by atoms with E-state index in [-0.39, 0.29) is 48.5 Å². The van der Waals surface area contributed by atoms with Gasteiger partial charge in [-0.15, -0.1) is 0 Å². The number of aryl methyl sites for hydroxylation is 1. The van der Waals surface area contributed by atoms with Crippen molar-refractivity contribution in [1.82, 2.24) is 0 Å². The molecule has 0 N–H and O–H groups in total. The van der Waals surface area contributed by atoms with Crippen LogP contribution < -0.4 is 0 Å². The molecule has 0 bridgehead atoms. The molecule has 0 radical (unpaired) electrons. The Balaban J connectivity index is 1.19. The predicted octanol–water partition coefficient (Wildman–Crippen LogP) is 7.64. The van der Waals surface area contributed by atoms with Gasteiger partial charge in [0.25, 0.3) is 10.1 Å². The highest BCUT2D eigenvalue weighted by atomic mass is 32.2. The van der Waals surface area contributed by atoms with Crippen LogP contribution in [0.4, 0.5) is 0 Å². The topological polar surface area (TPSA) is 114 Å². The molecule has 8 atom stereocenters. The Morgan fingerprint density at radius 3 is 2.18 bits per heavy atom. The zero-order valence-corrected chi connectivity index (χ0v) is 31.4. The first-order valence-corrected chi connectivity index (χ1v) is 19.4. The van der Waals surface area contributed by atoms with Gasteiger partial charge in [0.15, 0.2) is 0 Å². The molecule has 2 aliphatic heterocycles. The van der Waals surface area contributed by atoms with Gasteiger partial charge in [0.2, 0.25) is 0 Å². The van der Waals surface area contributed by atoms with Crippen molar-refractivity contribution in [2.75, 3.05) is 6.61 Å². The maximum absolute atomic E-state index is 13.9. The van der Waals surface area contributed by atoms with E-state index >= 15 is 0 Å². The van der Waals surface area contributed by atoms with Gasteiger partial charge in [-0.3, -0.25) is 8.98 Å². The zero-order chi connectivity index (χ0) is 36.8. The van der Waals surface area contributed by atoms with Crippen molar-refractivity contribution in [1.29, 1.82) is 0 Å². The molecule has 3 aromatic rings. The van der Waals surface area contributed by atoms with Crippen molar-refractivity contribution in [2.45, 2.75) is 121 Å². The van der Waals surface area contributed by atoms with Crippen LogP contribution in [0.2, 0.25) is 0 Å². The Morgan fingerprint density at radius 2 is 1.51 bits per heavy atom. The van der Waals surface area contributed by atoms with Gasteiger partial charge in [0, 0.05) is 18.3 Å². The standard InChI is InChI=1S/C41H52O9S/c1-28-17-19-35(20-18-28)51(44,45)47-26-29(2)38(46-27-32-13-9-7-10-14-32)30(3)36(42)25-34-21-23-41(6,49-34)37-22-24-40(5,50-37)31(4)48-39(43)33-15-11-8-12-16-33/h7-20,29-31,34,37-38H,21-27H2,1-6H3/t29-,30+,31-,34-,37-,38-,40+,41+/m1/s1. The highest BCUT2D eigenvalue weighted by Crippen LogP contribution is 2.45. The summed E-state index contributed by atoms with van der Waals surface area (Å²) in [5.41, 5.74) is 1.13. The Hall–Kier alpha value is -3.41. The lowest BCUT2D eigenvalue weighted by Gasteiger charge is -2.36. The number of benzene rings is 3. The Bertz CT molecular complexity index is 1710. The fourth-order valence-corrected chi connectivity index (χ4v) is 8.07. The molecule has 2 aliphatic rings. The van der Waals surface area contributed by atoms with E-state index < -0.39 is 45.4 Å². The molecular weight excluding hydrogens is 669 g/mol. The van der Waals surface area contributed by atoms with Gasteiger partial charge >= 0.3 is 5.97 Å². The molecule has 0 amide bonds. The van der Waals surface area contributed by atoms with Crippen molar-refractivity contribution in [3.63, 3.8) is 0 Å². The van der Waals surface area contributed by atoms with E-state index in [0.717, 1.165) is 24.0 Å². The lowest BCUT2D eigenvalue weighted by atomic mass is 9.87. The summed E-state index contributed by atoms with van der Waals surface area (Å²) >= 11 is 0. The molecule has 0 aliphatic carbocycles. The number of rotatable bonds is 16. The van der Waals surface area contributed by atoms with Gasteiger partial charge < -0.3 is 18.9 Å². The molecule has 0 aromatic heterocycles. The largest absolute Gasteiger partial charge is 0.456 e. The van der Waals surface area contributed by atoms with Gasteiger partial charge in [0.05, 0.1) is 47.6 Å². The van der Waals surface area contributed by atoms with Crippen molar-refractivity contribution in [3.05, 3.63) is 102 Å². The molecule has 3 aromatic carbocycles. The van der Waals surface area contributed by atoms with E-state index in [0.29, 0.717) is 18.4 Å². The van der Waals surface area contributed by atoms with Crippen molar-refractivity contribution >= 4 is 21.9 Å². The SMILES string of the molecule is Cc1ccc(S(=O)(=O)OC[C@@H](C)[C@@H](OCc2ccccc2)[C@@H](C)C(=O)C[C@H]2CC[C@@](C)([C@H]3CC[C@@](C)([C@@H](C)OC(=O)c4ccccc4)O3)O2)cc1. The quantitative estimate of drug-likeness (QED) is 0.109. The van der Waals surface area contributed by atoms with Crippen LogP contribution in [0.5, 0.6) is 0 Å². The van der Waals surface area contributed by atoms with Crippen molar-refractivity contribution in [3.8, 4) is 0 Å². The Morgan fingerprint density at radius 1 is 0.863 bits per heavy atom. The van der Waals surface area contributed by atoms with Crippen LogP contribution in [-0.2, 0) is 44.7 Å². The highest BCUT2D eigenvalue weighted by molar-refractivity contribution is 7.86. The number of carbonyl (C=O) groups is 2. The predicted molar refractivity (Wildman–Crippen MR) is 194 cm³/mol. The summed E-state index contributed by atoms with van der Waals surface area (Å²) in [5, 5.41) is 0. The molecule has 10 heteroatoms. The minimum absolute atomic E-state index is 0.0193. The van der Waals surface area contributed by atoms with Gasteiger partial charge in [-0.25, -0.2) is 4.79 Å². The molecule has 0 unspecified atom stereocenters. The first-order valence-electron chi connectivity index (χ1n) is 17.9. The van der Waals surface area contributed by atoms with Gasteiger partial charge in [-0.1, -0.05) is 80.1 Å². The summed E-state index contributed by atoms with van der Waals surface area (Å²) in [5.74, 6) is -1.36. The number of carbonyl (C=O) groups excluding carboxylic acids is 2. The van der Waals surface area contributed by atoms with Crippen molar-refractivity contribution in [2.24, 2.45) is 11.8 Å². The molecule has 2 heterocycles. The number of hydrogen-bond acceptors (Lipinski definition) is 9. The lowest BCUT2D eigenvalue weighted by Crippen LogP contribution is -2.45. The summed E-state index contributed by atoms with van der Waals surface area (Å²) < 4.78 is 56.8. The average Bonchev–Trinajstić information content (AvgIpc) is 3.72. The molecule has 5 rings (SSSR count). The van der Waals surface area contributed by atoms with Crippen LogP contribution >= 0.6 is 0 Å². The second-order valence-corrected chi connectivity index (χ2v) is 16.3. The van der Waals surface area contributed by atoms with Crippen LogP contribution in [0, 0.1) is 18.8 Å². The fraction of sp³-hybridized carbons (Fsp3) is 0.512.